The van der Waals surface area contributed by atoms with Gasteiger partial charge in [-0.1, -0.05) is 27.2 Å². The zero-order chi connectivity index (χ0) is 18.5. The Bertz CT molecular complexity index is 670. The second kappa shape index (κ2) is 8.32. The number of nitrogens with zero attached hydrogens (tertiary/aromatic N) is 1. The van der Waals surface area contributed by atoms with Crippen LogP contribution in [-0.2, 0) is 10.0 Å². The lowest BCUT2D eigenvalue weighted by Gasteiger charge is -2.25. The average molecular weight is 367 g/mol. The summed E-state index contributed by atoms with van der Waals surface area (Å²) in [6.07, 6.45) is 4.87. The Morgan fingerprint density at radius 2 is 1.68 bits per heavy atom. The molecule has 1 aromatic rings. The zero-order valence-corrected chi connectivity index (χ0v) is 16.4. The standard InChI is InChI=1S/C19H30N2O3S/c1-19(2,3)12-7-13-20-18(22)16-8-10-17(11-9-16)25(23,24)21-14-5-4-6-15-21/h8-11H,4-7,12-15H2,1-3H3,(H,20,22). The summed E-state index contributed by atoms with van der Waals surface area (Å²) in [7, 11) is -3.44. The fourth-order valence-electron chi connectivity index (χ4n) is 2.96. The van der Waals surface area contributed by atoms with Crippen LogP contribution in [0.1, 0.15) is 63.2 Å². The minimum atomic E-state index is -3.44. The van der Waals surface area contributed by atoms with E-state index >= 15 is 0 Å². The molecule has 1 saturated heterocycles. The first kappa shape index (κ1) is 19.9. The van der Waals surface area contributed by atoms with E-state index in [4.69, 9.17) is 0 Å². The number of sulfonamides is 1. The predicted molar refractivity (Wildman–Crippen MR) is 100 cm³/mol. The van der Waals surface area contributed by atoms with E-state index in [1.54, 1.807) is 12.1 Å². The van der Waals surface area contributed by atoms with Gasteiger partial charge >= 0.3 is 0 Å². The first-order valence-corrected chi connectivity index (χ1v) is 10.5. The quantitative estimate of drug-likeness (QED) is 0.785. The Morgan fingerprint density at radius 3 is 2.24 bits per heavy atom. The number of piperidine rings is 1. The van der Waals surface area contributed by atoms with Crippen molar-refractivity contribution in [2.45, 2.75) is 57.8 Å². The van der Waals surface area contributed by atoms with Crippen LogP contribution >= 0.6 is 0 Å². The third-order valence-electron chi connectivity index (χ3n) is 4.46. The lowest BCUT2D eigenvalue weighted by Crippen LogP contribution is -2.35. The zero-order valence-electron chi connectivity index (χ0n) is 15.5. The second-order valence-electron chi connectivity index (χ2n) is 7.91. The van der Waals surface area contributed by atoms with Gasteiger partial charge in [0.05, 0.1) is 4.90 Å². The number of carbonyl (C=O) groups excluding carboxylic acids is 1. The molecule has 1 heterocycles. The number of benzene rings is 1. The Labute approximate surface area is 151 Å². The maximum Gasteiger partial charge on any atom is 0.251 e. The molecule has 1 N–H and O–H groups in total. The van der Waals surface area contributed by atoms with E-state index < -0.39 is 10.0 Å². The minimum Gasteiger partial charge on any atom is -0.352 e. The molecule has 1 fully saturated rings. The highest BCUT2D eigenvalue weighted by molar-refractivity contribution is 7.89. The summed E-state index contributed by atoms with van der Waals surface area (Å²) in [5.74, 6) is -0.157. The van der Waals surface area contributed by atoms with E-state index in [0.29, 0.717) is 25.2 Å². The van der Waals surface area contributed by atoms with Crippen molar-refractivity contribution in [1.29, 1.82) is 0 Å². The van der Waals surface area contributed by atoms with Gasteiger partial charge in [0.15, 0.2) is 0 Å². The normalized spacial score (nSPS) is 16.6. The van der Waals surface area contributed by atoms with Crippen LogP contribution in [0, 0.1) is 5.41 Å². The molecular weight excluding hydrogens is 336 g/mol. The number of hydrogen-bond acceptors (Lipinski definition) is 3. The van der Waals surface area contributed by atoms with Crippen molar-refractivity contribution in [2.75, 3.05) is 19.6 Å². The molecule has 1 aromatic carbocycles. The summed E-state index contributed by atoms with van der Waals surface area (Å²) in [5, 5.41) is 2.89. The molecule has 0 unspecified atom stereocenters. The molecule has 2 rings (SSSR count). The topological polar surface area (TPSA) is 66.5 Å². The van der Waals surface area contributed by atoms with Crippen molar-refractivity contribution < 1.29 is 13.2 Å². The van der Waals surface area contributed by atoms with E-state index in [0.717, 1.165) is 32.1 Å². The van der Waals surface area contributed by atoms with Gasteiger partial charge in [0.1, 0.15) is 0 Å². The Hall–Kier alpha value is -1.40. The fraction of sp³-hybridized carbons (Fsp3) is 0.632. The summed E-state index contributed by atoms with van der Waals surface area (Å²) < 4.78 is 26.7. The largest absolute Gasteiger partial charge is 0.352 e. The van der Waals surface area contributed by atoms with Crippen molar-refractivity contribution >= 4 is 15.9 Å². The van der Waals surface area contributed by atoms with Gasteiger partial charge < -0.3 is 5.32 Å². The smallest absolute Gasteiger partial charge is 0.251 e. The molecule has 0 aromatic heterocycles. The lowest BCUT2D eigenvalue weighted by atomic mass is 9.91. The van der Waals surface area contributed by atoms with Crippen LogP contribution in [0.3, 0.4) is 0 Å². The summed E-state index contributed by atoms with van der Waals surface area (Å²) in [5.41, 5.74) is 0.753. The summed E-state index contributed by atoms with van der Waals surface area (Å²) in [6.45, 7) is 8.32. The molecule has 0 spiro atoms. The van der Waals surface area contributed by atoms with Crippen LogP contribution in [0.4, 0.5) is 0 Å². The van der Waals surface area contributed by atoms with Crippen LogP contribution in [-0.4, -0.2) is 38.3 Å². The van der Waals surface area contributed by atoms with Gasteiger partial charge in [0.2, 0.25) is 10.0 Å². The Kier molecular flexibility index (Phi) is 6.63. The first-order valence-electron chi connectivity index (χ1n) is 9.09. The van der Waals surface area contributed by atoms with Crippen molar-refractivity contribution in [3.8, 4) is 0 Å². The highest BCUT2D eigenvalue weighted by Crippen LogP contribution is 2.21. The molecule has 6 heteroatoms. The van der Waals surface area contributed by atoms with Crippen molar-refractivity contribution in [2.24, 2.45) is 5.41 Å². The molecule has 140 valence electrons. The van der Waals surface area contributed by atoms with Crippen LogP contribution < -0.4 is 5.32 Å². The molecule has 0 atom stereocenters. The van der Waals surface area contributed by atoms with E-state index in [1.807, 2.05) is 0 Å². The van der Waals surface area contributed by atoms with Crippen molar-refractivity contribution in [3.05, 3.63) is 29.8 Å². The average Bonchev–Trinajstić information content (AvgIpc) is 2.58. The van der Waals surface area contributed by atoms with Gasteiger partial charge in [0.25, 0.3) is 5.91 Å². The molecule has 1 aliphatic heterocycles. The van der Waals surface area contributed by atoms with Crippen LogP contribution in [0.2, 0.25) is 0 Å². The highest BCUT2D eigenvalue weighted by Gasteiger charge is 2.25. The van der Waals surface area contributed by atoms with Crippen LogP contribution in [0.15, 0.2) is 29.2 Å². The van der Waals surface area contributed by atoms with Crippen molar-refractivity contribution in [1.82, 2.24) is 9.62 Å². The maximum atomic E-state index is 12.6. The lowest BCUT2D eigenvalue weighted by molar-refractivity contribution is 0.0951. The first-order chi connectivity index (χ1) is 11.7. The molecule has 5 nitrogen and oxygen atoms in total. The second-order valence-corrected chi connectivity index (χ2v) is 9.85. The SMILES string of the molecule is CC(C)(C)CCCNC(=O)c1ccc(S(=O)(=O)N2CCCCC2)cc1. The van der Waals surface area contributed by atoms with E-state index in [2.05, 4.69) is 26.1 Å². The number of amides is 1. The summed E-state index contributed by atoms with van der Waals surface area (Å²) >= 11 is 0. The summed E-state index contributed by atoms with van der Waals surface area (Å²) in [4.78, 5) is 12.4. The van der Waals surface area contributed by atoms with Gasteiger partial charge in [-0.25, -0.2) is 8.42 Å². The van der Waals surface area contributed by atoms with Crippen LogP contribution in [0.25, 0.3) is 0 Å². The van der Waals surface area contributed by atoms with Gasteiger partial charge in [-0.2, -0.15) is 4.31 Å². The van der Waals surface area contributed by atoms with E-state index in [1.165, 1.54) is 16.4 Å². The molecule has 25 heavy (non-hydrogen) atoms. The summed E-state index contributed by atoms with van der Waals surface area (Å²) in [6, 6.07) is 6.26. The number of rotatable bonds is 6. The van der Waals surface area contributed by atoms with Gasteiger partial charge in [-0.05, 0) is 55.4 Å². The number of nitrogens with one attached hydrogen (secondary N) is 1. The molecular formula is C19H30N2O3S. The molecule has 1 amide bonds. The van der Waals surface area contributed by atoms with Gasteiger partial charge in [-0.3, -0.25) is 4.79 Å². The van der Waals surface area contributed by atoms with E-state index in [9.17, 15) is 13.2 Å². The Morgan fingerprint density at radius 1 is 1.08 bits per heavy atom. The van der Waals surface area contributed by atoms with Gasteiger partial charge in [-0.15, -0.1) is 0 Å². The highest BCUT2D eigenvalue weighted by atomic mass is 32.2. The van der Waals surface area contributed by atoms with E-state index in [-0.39, 0.29) is 16.2 Å². The maximum absolute atomic E-state index is 12.6. The Balaban J connectivity index is 1.93. The molecule has 1 aliphatic rings. The molecule has 0 aliphatic carbocycles. The minimum absolute atomic E-state index is 0.157. The third-order valence-corrected chi connectivity index (χ3v) is 6.37. The monoisotopic (exact) mass is 366 g/mol. The number of hydrogen-bond donors (Lipinski definition) is 1. The van der Waals surface area contributed by atoms with Crippen LogP contribution in [0.5, 0.6) is 0 Å². The fourth-order valence-corrected chi connectivity index (χ4v) is 4.47. The van der Waals surface area contributed by atoms with Gasteiger partial charge in [0, 0.05) is 25.2 Å². The predicted octanol–water partition coefficient (Wildman–Crippen LogP) is 3.42. The van der Waals surface area contributed by atoms with Crippen molar-refractivity contribution in [3.63, 3.8) is 0 Å². The third kappa shape index (κ3) is 5.82. The molecule has 0 radical (unpaired) electrons. The number of carbonyl (C=O) groups is 1. The molecule has 0 bridgehead atoms. The molecule has 0 saturated carbocycles.